The lowest BCUT2D eigenvalue weighted by Gasteiger charge is -2.16. The van der Waals surface area contributed by atoms with Gasteiger partial charge in [0.2, 0.25) is 0 Å². The Kier molecular flexibility index (Phi) is 7.73. The number of nitrogens with one attached hydrogen (secondary N) is 2. The van der Waals surface area contributed by atoms with E-state index in [9.17, 15) is 4.79 Å². The molecule has 3 aromatic rings. The molecule has 0 aliphatic carbocycles. The number of benzene rings is 2. The van der Waals surface area contributed by atoms with E-state index in [0.717, 1.165) is 42.5 Å². The highest BCUT2D eigenvalue weighted by atomic mass is 16.1. The van der Waals surface area contributed by atoms with Crippen LogP contribution in [0, 0.1) is 13.8 Å². The summed E-state index contributed by atoms with van der Waals surface area (Å²) in [5.41, 5.74) is 6.25. The Morgan fingerprint density at radius 1 is 1.16 bits per heavy atom. The second kappa shape index (κ2) is 10.7. The fourth-order valence-electron chi connectivity index (χ4n) is 3.60. The van der Waals surface area contributed by atoms with E-state index in [2.05, 4.69) is 75.9 Å². The zero-order valence-corrected chi connectivity index (χ0v) is 18.6. The molecule has 31 heavy (non-hydrogen) atoms. The van der Waals surface area contributed by atoms with Crippen molar-refractivity contribution in [2.24, 2.45) is 4.99 Å². The summed E-state index contributed by atoms with van der Waals surface area (Å²) >= 11 is 0. The molecule has 2 N–H and O–H groups in total. The fourth-order valence-corrected chi connectivity index (χ4v) is 3.60. The number of nitrogens with zero attached hydrogens (tertiary/aromatic N) is 3. The number of aryl methyl sites for hydroxylation is 3. The van der Waals surface area contributed by atoms with Crippen molar-refractivity contribution in [2.75, 3.05) is 20.1 Å². The molecule has 0 spiro atoms. The van der Waals surface area contributed by atoms with Gasteiger partial charge in [0.1, 0.15) is 0 Å². The number of carbonyl (C=O) groups excluding carboxylic acids is 1. The fraction of sp³-hybridized carbons (Fsp3) is 0.320. The lowest BCUT2D eigenvalue weighted by molar-refractivity contribution is 0.0956. The summed E-state index contributed by atoms with van der Waals surface area (Å²) in [6.45, 7) is 10.2. The predicted molar refractivity (Wildman–Crippen MR) is 126 cm³/mol. The molecule has 1 heterocycles. The lowest BCUT2D eigenvalue weighted by atomic mass is 10.1. The Balaban J connectivity index is 1.83. The van der Waals surface area contributed by atoms with Crippen molar-refractivity contribution in [2.45, 2.75) is 33.2 Å². The van der Waals surface area contributed by atoms with Crippen LogP contribution in [0.1, 0.15) is 33.6 Å². The van der Waals surface area contributed by atoms with Gasteiger partial charge in [-0.05, 0) is 62.1 Å². The van der Waals surface area contributed by atoms with Gasteiger partial charge >= 0.3 is 0 Å². The third kappa shape index (κ3) is 5.47. The van der Waals surface area contributed by atoms with Crippen LogP contribution in [0.3, 0.4) is 0 Å². The number of hydrogen-bond donors (Lipinski definition) is 2. The second-order valence-electron chi connectivity index (χ2n) is 7.59. The maximum atomic E-state index is 12.5. The highest BCUT2D eigenvalue weighted by molar-refractivity contribution is 5.93. The first-order valence-corrected chi connectivity index (χ1v) is 10.7. The van der Waals surface area contributed by atoms with Crippen LogP contribution in [-0.2, 0) is 13.0 Å². The van der Waals surface area contributed by atoms with E-state index >= 15 is 0 Å². The molecular weight excluding hydrogens is 386 g/mol. The average molecular weight is 418 g/mol. The van der Waals surface area contributed by atoms with Crippen LogP contribution in [-0.4, -0.2) is 35.6 Å². The largest absolute Gasteiger partial charge is 0.354 e. The molecule has 0 fully saturated rings. The molecule has 0 saturated carbocycles. The van der Waals surface area contributed by atoms with E-state index in [0.29, 0.717) is 17.7 Å². The SMILES string of the molecule is C=CN=c1c(C(=O)NC)nc2cc(C)c(C)cc2n1CCNCCCc1ccccc1. The van der Waals surface area contributed by atoms with E-state index in [4.69, 9.17) is 0 Å². The summed E-state index contributed by atoms with van der Waals surface area (Å²) in [4.78, 5) is 21.5. The van der Waals surface area contributed by atoms with Crippen LogP contribution in [0.2, 0.25) is 0 Å². The summed E-state index contributed by atoms with van der Waals surface area (Å²) in [5, 5.41) is 6.19. The first-order valence-electron chi connectivity index (χ1n) is 10.7. The van der Waals surface area contributed by atoms with Crippen molar-refractivity contribution < 1.29 is 4.79 Å². The van der Waals surface area contributed by atoms with E-state index < -0.39 is 0 Å². The van der Waals surface area contributed by atoms with Crippen LogP contribution >= 0.6 is 0 Å². The number of rotatable bonds is 9. The molecule has 3 rings (SSSR count). The summed E-state index contributed by atoms with van der Waals surface area (Å²) in [6, 6.07) is 14.7. The molecular formula is C25H31N5O. The average Bonchev–Trinajstić information content (AvgIpc) is 2.78. The predicted octanol–water partition coefficient (Wildman–Crippen LogP) is 3.28. The standard InChI is InChI=1S/C25H31N5O/c1-5-28-24-23(25(31)26-4)29-21-16-18(2)19(3)17-22(21)30(24)15-14-27-13-9-12-20-10-7-6-8-11-20/h5-8,10-11,16-17,27H,1,9,12-15H2,2-4H3,(H,26,31). The molecule has 0 saturated heterocycles. The summed E-state index contributed by atoms with van der Waals surface area (Å²) in [6.07, 6.45) is 3.58. The van der Waals surface area contributed by atoms with E-state index in [-0.39, 0.29) is 5.91 Å². The Morgan fingerprint density at radius 2 is 1.90 bits per heavy atom. The third-order valence-electron chi connectivity index (χ3n) is 5.41. The molecule has 0 bridgehead atoms. The third-order valence-corrected chi connectivity index (χ3v) is 5.41. The molecule has 1 aromatic heterocycles. The highest BCUT2D eigenvalue weighted by Gasteiger charge is 2.15. The number of aromatic nitrogens is 2. The van der Waals surface area contributed by atoms with Crippen LogP contribution in [0.5, 0.6) is 0 Å². The van der Waals surface area contributed by atoms with Gasteiger partial charge in [-0.1, -0.05) is 36.9 Å². The maximum absolute atomic E-state index is 12.5. The van der Waals surface area contributed by atoms with Gasteiger partial charge in [-0.15, -0.1) is 0 Å². The number of amides is 1. The minimum Gasteiger partial charge on any atom is -0.354 e. The van der Waals surface area contributed by atoms with E-state index in [1.165, 1.54) is 17.3 Å². The van der Waals surface area contributed by atoms with Crippen molar-refractivity contribution in [3.63, 3.8) is 0 Å². The van der Waals surface area contributed by atoms with E-state index in [1.807, 2.05) is 12.1 Å². The van der Waals surface area contributed by atoms with Crippen LogP contribution in [0.15, 0.2) is 60.2 Å². The Bertz CT molecular complexity index is 1130. The monoisotopic (exact) mass is 417 g/mol. The van der Waals surface area contributed by atoms with Gasteiger partial charge in [-0.2, -0.15) is 0 Å². The van der Waals surface area contributed by atoms with Crippen molar-refractivity contribution in [3.05, 3.63) is 83.1 Å². The van der Waals surface area contributed by atoms with Crippen LogP contribution < -0.4 is 16.1 Å². The summed E-state index contributed by atoms with van der Waals surface area (Å²) in [5.74, 6) is -0.259. The topological polar surface area (TPSA) is 71.3 Å². The zero-order valence-electron chi connectivity index (χ0n) is 18.6. The summed E-state index contributed by atoms with van der Waals surface area (Å²) < 4.78 is 2.06. The van der Waals surface area contributed by atoms with Gasteiger partial charge in [0.15, 0.2) is 11.2 Å². The number of hydrogen-bond acceptors (Lipinski definition) is 4. The quantitative estimate of drug-likeness (QED) is 0.525. The first kappa shape index (κ1) is 22.4. The van der Waals surface area contributed by atoms with E-state index in [1.54, 1.807) is 7.05 Å². The van der Waals surface area contributed by atoms with Crippen molar-refractivity contribution in [1.82, 2.24) is 20.2 Å². The molecule has 0 unspecified atom stereocenters. The molecule has 162 valence electrons. The van der Waals surface area contributed by atoms with Crippen LogP contribution in [0.25, 0.3) is 11.0 Å². The molecule has 1 amide bonds. The smallest absolute Gasteiger partial charge is 0.273 e. The van der Waals surface area contributed by atoms with Gasteiger partial charge in [0, 0.05) is 26.3 Å². The van der Waals surface area contributed by atoms with Gasteiger partial charge in [-0.25, -0.2) is 9.98 Å². The minimum atomic E-state index is -0.259. The van der Waals surface area contributed by atoms with Crippen molar-refractivity contribution >= 4 is 16.9 Å². The molecule has 0 aliphatic heterocycles. The van der Waals surface area contributed by atoms with Crippen LogP contribution in [0.4, 0.5) is 0 Å². The highest BCUT2D eigenvalue weighted by Crippen LogP contribution is 2.17. The van der Waals surface area contributed by atoms with Crippen molar-refractivity contribution in [3.8, 4) is 0 Å². The lowest BCUT2D eigenvalue weighted by Crippen LogP contribution is -2.36. The number of carbonyl (C=O) groups is 1. The Hall–Kier alpha value is -3.25. The summed E-state index contributed by atoms with van der Waals surface area (Å²) in [7, 11) is 1.60. The molecule has 0 radical (unpaired) electrons. The van der Waals surface area contributed by atoms with Gasteiger partial charge in [0.05, 0.1) is 11.0 Å². The maximum Gasteiger partial charge on any atom is 0.273 e. The van der Waals surface area contributed by atoms with Crippen molar-refractivity contribution in [1.29, 1.82) is 0 Å². The minimum absolute atomic E-state index is 0.259. The van der Waals surface area contributed by atoms with Gasteiger partial charge in [0.25, 0.3) is 5.91 Å². The molecule has 6 nitrogen and oxygen atoms in total. The first-order chi connectivity index (χ1) is 15.0. The van der Waals surface area contributed by atoms with Gasteiger partial charge in [-0.3, -0.25) is 4.79 Å². The molecule has 0 atom stereocenters. The molecule has 6 heteroatoms. The molecule has 0 aliphatic rings. The Labute approximate surface area is 183 Å². The molecule has 2 aromatic carbocycles. The normalized spacial score (nSPS) is 11.6. The number of fused-ring (bicyclic) bond motifs is 1. The van der Waals surface area contributed by atoms with Gasteiger partial charge < -0.3 is 15.2 Å². The second-order valence-corrected chi connectivity index (χ2v) is 7.59. The zero-order chi connectivity index (χ0) is 22.2. The Morgan fingerprint density at radius 3 is 2.61 bits per heavy atom.